The number of allylic oxidation sites excluding steroid dienone is 1. The third kappa shape index (κ3) is 2.73. The first kappa shape index (κ1) is 11.0. The van der Waals surface area contributed by atoms with E-state index in [1.165, 1.54) is 25.1 Å². The Morgan fingerprint density at radius 3 is 2.64 bits per heavy atom. The van der Waals surface area contributed by atoms with Gasteiger partial charge in [0.15, 0.2) is 17.4 Å². The fourth-order valence-corrected chi connectivity index (χ4v) is 1.35. The smallest absolute Gasteiger partial charge is 0.166 e. The fraction of sp³-hybridized carbons (Fsp3) is 0.100. The molecule has 0 aliphatic heterocycles. The SMILES string of the molecule is CC(=O)/C=C/c1cc(Br)cc(F)c1F. The predicted octanol–water partition coefficient (Wildman–Crippen LogP) is 3.33. The van der Waals surface area contributed by atoms with Gasteiger partial charge in [0.25, 0.3) is 0 Å². The highest BCUT2D eigenvalue weighted by atomic mass is 79.9. The number of rotatable bonds is 2. The van der Waals surface area contributed by atoms with Gasteiger partial charge in [-0.2, -0.15) is 0 Å². The highest BCUT2D eigenvalue weighted by Crippen LogP contribution is 2.20. The Bertz CT molecular complexity index is 399. The van der Waals surface area contributed by atoms with Crippen LogP contribution in [0.5, 0.6) is 0 Å². The van der Waals surface area contributed by atoms with Gasteiger partial charge in [0.1, 0.15) is 0 Å². The summed E-state index contributed by atoms with van der Waals surface area (Å²) in [5.74, 6) is -2.11. The highest BCUT2D eigenvalue weighted by molar-refractivity contribution is 9.10. The molecule has 0 aliphatic carbocycles. The summed E-state index contributed by atoms with van der Waals surface area (Å²) < 4.78 is 26.3. The largest absolute Gasteiger partial charge is 0.295 e. The molecule has 0 radical (unpaired) electrons. The van der Waals surface area contributed by atoms with E-state index in [9.17, 15) is 13.6 Å². The van der Waals surface area contributed by atoms with Crippen LogP contribution in [0.3, 0.4) is 0 Å². The average Bonchev–Trinajstić information content (AvgIpc) is 2.08. The predicted molar refractivity (Wildman–Crippen MR) is 53.8 cm³/mol. The monoisotopic (exact) mass is 260 g/mol. The molecule has 0 amide bonds. The molecule has 1 rings (SSSR count). The standard InChI is InChI=1S/C10H7BrF2O/c1-6(14)2-3-7-4-8(11)5-9(12)10(7)13/h2-5H,1H3/b3-2+. The van der Waals surface area contributed by atoms with Crippen LogP contribution in [-0.4, -0.2) is 5.78 Å². The van der Waals surface area contributed by atoms with Crippen LogP contribution in [0.25, 0.3) is 6.08 Å². The molecule has 0 saturated carbocycles. The van der Waals surface area contributed by atoms with E-state index in [0.717, 1.165) is 6.07 Å². The van der Waals surface area contributed by atoms with Crippen molar-refractivity contribution in [3.8, 4) is 0 Å². The van der Waals surface area contributed by atoms with E-state index in [0.29, 0.717) is 4.47 Å². The summed E-state index contributed by atoms with van der Waals surface area (Å²) in [5.41, 5.74) is 0.0482. The van der Waals surface area contributed by atoms with Crippen molar-refractivity contribution in [3.05, 3.63) is 39.9 Å². The van der Waals surface area contributed by atoms with Crippen LogP contribution in [0.4, 0.5) is 8.78 Å². The molecule has 0 aliphatic rings. The van der Waals surface area contributed by atoms with Crippen LogP contribution in [-0.2, 0) is 4.79 Å². The minimum absolute atomic E-state index is 0.0482. The first-order chi connectivity index (χ1) is 6.50. The van der Waals surface area contributed by atoms with Crippen LogP contribution in [0.15, 0.2) is 22.7 Å². The van der Waals surface area contributed by atoms with Gasteiger partial charge in [-0.25, -0.2) is 8.78 Å². The number of carbonyl (C=O) groups excluding carboxylic acids is 1. The lowest BCUT2D eigenvalue weighted by molar-refractivity contribution is -0.112. The highest BCUT2D eigenvalue weighted by Gasteiger charge is 2.07. The van der Waals surface area contributed by atoms with E-state index in [1.54, 1.807) is 0 Å². The lowest BCUT2D eigenvalue weighted by Crippen LogP contribution is -1.89. The van der Waals surface area contributed by atoms with Gasteiger partial charge in [0.05, 0.1) is 0 Å². The molecule has 0 saturated heterocycles. The molecule has 1 nitrogen and oxygen atoms in total. The molecule has 14 heavy (non-hydrogen) atoms. The first-order valence-electron chi connectivity index (χ1n) is 3.84. The van der Waals surface area contributed by atoms with Crippen molar-refractivity contribution in [2.24, 2.45) is 0 Å². The van der Waals surface area contributed by atoms with Gasteiger partial charge in [0, 0.05) is 10.0 Å². The zero-order valence-electron chi connectivity index (χ0n) is 7.35. The summed E-state index contributed by atoms with van der Waals surface area (Å²) >= 11 is 3.03. The lowest BCUT2D eigenvalue weighted by Gasteiger charge is -1.99. The number of halogens is 3. The molecular weight excluding hydrogens is 254 g/mol. The molecule has 4 heteroatoms. The molecule has 0 spiro atoms. The van der Waals surface area contributed by atoms with E-state index in [1.807, 2.05) is 0 Å². The molecule has 0 bridgehead atoms. The third-order valence-electron chi connectivity index (χ3n) is 1.52. The second kappa shape index (κ2) is 4.46. The van der Waals surface area contributed by atoms with Gasteiger partial charge in [0.2, 0.25) is 0 Å². The van der Waals surface area contributed by atoms with E-state index < -0.39 is 11.6 Å². The van der Waals surface area contributed by atoms with Crippen LogP contribution in [0, 0.1) is 11.6 Å². The summed E-state index contributed by atoms with van der Waals surface area (Å²) in [6, 6.07) is 2.43. The molecule has 74 valence electrons. The van der Waals surface area contributed by atoms with Crippen LogP contribution >= 0.6 is 15.9 Å². The summed E-state index contributed by atoms with van der Waals surface area (Å²) in [6.45, 7) is 1.34. The zero-order chi connectivity index (χ0) is 10.7. The number of benzene rings is 1. The Morgan fingerprint density at radius 2 is 2.07 bits per heavy atom. The van der Waals surface area contributed by atoms with E-state index in [4.69, 9.17) is 0 Å². The zero-order valence-corrected chi connectivity index (χ0v) is 8.94. The summed E-state index contributed by atoms with van der Waals surface area (Å²) in [5, 5.41) is 0. The van der Waals surface area contributed by atoms with Crippen LogP contribution < -0.4 is 0 Å². The molecular formula is C10H7BrF2O. The second-order valence-electron chi connectivity index (χ2n) is 2.73. The lowest BCUT2D eigenvalue weighted by atomic mass is 10.2. The van der Waals surface area contributed by atoms with Crippen molar-refractivity contribution < 1.29 is 13.6 Å². The quantitative estimate of drug-likeness (QED) is 0.589. The third-order valence-corrected chi connectivity index (χ3v) is 1.98. The van der Waals surface area contributed by atoms with Crippen molar-refractivity contribution in [2.75, 3.05) is 0 Å². The maximum atomic E-state index is 13.1. The minimum Gasteiger partial charge on any atom is -0.295 e. The Labute approximate surface area is 88.6 Å². The Morgan fingerprint density at radius 1 is 1.43 bits per heavy atom. The van der Waals surface area contributed by atoms with Crippen molar-refractivity contribution >= 4 is 27.8 Å². The number of ketones is 1. The van der Waals surface area contributed by atoms with Crippen LogP contribution in [0.2, 0.25) is 0 Å². The summed E-state index contributed by atoms with van der Waals surface area (Å²) in [7, 11) is 0. The normalized spacial score (nSPS) is 10.9. The van der Waals surface area contributed by atoms with Crippen molar-refractivity contribution in [1.82, 2.24) is 0 Å². The summed E-state index contributed by atoms with van der Waals surface area (Å²) in [4.78, 5) is 10.6. The van der Waals surface area contributed by atoms with Crippen molar-refractivity contribution in [1.29, 1.82) is 0 Å². The molecule has 0 N–H and O–H groups in total. The molecule has 0 aromatic heterocycles. The van der Waals surface area contributed by atoms with E-state index >= 15 is 0 Å². The van der Waals surface area contributed by atoms with Gasteiger partial charge in [-0.05, 0) is 31.2 Å². The molecule has 0 unspecified atom stereocenters. The van der Waals surface area contributed by atoms with E-state index in [2.05, 4.69) is 15.9 Å². The van der Waals surface area contributed by atoms with Crippen molar-refractivity contribution in [3.63, 3.8) is 0 Å². The van der Waals surface area contributed by atoms with Gasteiger partial charge < -0.3 is 0 Å². The fourth-order valence-electron chi connectivity index (χ4n) is 0.904. The van der Waals surface area contributed by atoms with Gasteiger partial charge >= 0.3 is 0 Å². The molecule has 0 fully saturated rings. The Kier molecular flexibility index (Phi) is 3.52. The van der Waals surface area contributed by atoms with Crippen molar-refractivity contribution in [2.45, 2.75) is 6.92 Å². The number of hydrogen-bond donors (Lipinski definition) is 0. The molecule has 0 heterocycles. The maximum Gasteiger partial charge on any atom is 0.166 e. The molecule has 1 aromatic carbocycles. The second-order valence-corrected chi connectivity index (χ2v) is 3.65. The van der Waals surface area contributed by atoms with Gasteiger partial charge in [-0.15, -0.1) is 0 Å². The topological polar surface area (TPSA) is 17.1 Å². The maximum absolute atomic E-state index is 13.1. The average molecular weight is 261 g/mol. The van der Waals surface area contributed by atoms with Gasteiger partial charge in [-0.3, -0.25) is 4.79 Å². The minimum atomic E-state index is -0.953. The Balaban J connectivity index is 3.14. The van der Waals surface area contributed by atoms with Gasteiger partial charge in [-0.1, -0.05) is 15.9 Å². The molecule has 0 atom stereocenters. The first-order valence-corrected chi connectivity index (χ1v) is 4.63. The summed E-state index contributed by atoms with van der Waals surface area (Å²) in [6.07, 6.45) is 2.43. The molecule has 1 aromatic rings. The van der Waals surface area contributed by atoms with Crippen LogP contribution in [0.1, 0.15) is 12.5 Å². The number of hydrogen-bond acceptors (Lipinski definition) is 1. The van der Waals surface area contributed by atoms with E-state index in [-0.39, 0.29) is 11.3 Å². The Hall–Kier alpha value is -1.03. The number of carbonyl (C=O) groups is 1.